The maximum Gasteiger partial charge on any atom is 0.191 e. The molecule has 7 heteroatoms. The van der Waals surface area contributed by atoms with Gasteiger partial charge in [0.25, 0.3) is 0 Å². The highest BCUT2D eigenvalue weighted by Gasteiger charge is 2.07. The van der Waals surface area contributed by atoms with Crippen LogP contribution in [0.15, 0.2) is 72.0 Å². The van der Waals surface area contributed by atoms with Gasteiger partial charge in [0.05, 0.1) is 12.7 Å². The molecule has 0 spiro atoms. The Morgan fingerprint density at radius 2 is 1.93 bits per heavy atom. The largest absolute Gasteiger partial charge is 0.453 e. The SMILES string of the molecule is CCNC(=NCc1cccc(F)c1)NCc1ccc(Oc2cccnc2)c(F)c1. The summed E-state index contributed by atoms with van der Waals surface area (Å²) in [5.41, 5.74) is 1.50. The summed E-state index contributed by atoms with van der Waals surface area (Å²) in [6.07, 6.45) is 3.14. The van der Waals surface area contributed by atoms with Gasteiger partial charge in [-0.3, -0.25) is 4.98 Å². The van der Waals surface area contributed by atoms with Crippen molar-refractivity contribution in [2.24, 2.45) is 4.99 Å². The minimum absolute atomic E-state index is 0.133. The van der Waals surface area contributed by atoms with E-state index in [-0.39, 0.29) is 11.6 Å². The molecular formula is C22H22F2N4O. The van der Waals surface area contributed by atoms with Crippen molar-refractivity contribution >= 4 is 5.96 Å². The zero-order chi connectivity index (χ0) is 20.5. The van der Waals surface area contributed by atoms with E-state index in [1.54, 1.807) is 36.5 Å². The van der Waals surface area contributed by atoms with Crippen LogP contribution in [0.2, 0.25) is 0 Å². The van der Waals surface area contributed by atoms with E-state index in [2.05, 4.69) is 20.6 Å². The number of nitrogens with one attached hydrogen (secondary N) is 2. The van der Waals surface area contributed by atoms with Crippen LogP contribution in [0.3, 0.4) is 0 Å². The fraction of sp³-hybridized carbons (Fsp3) is 0.182. The topological polar surface area (TPSA) is 58.5 Å². The highest BCUT2D eigenvalue weighted by Crippen LogP contribution is 2.24. The van der Waals surface area contributed by atoms with E-state index >= 15 is 0 Å². The molecule has 0 amide bonds. The van der Waals surface area contributed by atoms with Crippen LogP contribution in [0.4, 0.5) is 8.78 Å². The third-order valence-corrected chi connectivity index (χ3v) is 3.97. The maximum atomic E-state index is 14.4. The van der Waals surface area contributed by atoms with Crippen molar-refractivity contribution in [1.82, 2.24) is 15.6 Å². The molecule has 2 N–H and O–H groups in total. The van der Waals surface area contributed by atoms with Gasteiger partial charge >= 0.3 is 0 Å². The van der Waals surface area contributed by atoms with E-state index < -0.39 is 5.82 Å². The molecule has 0 bridgehead atoms. The smallest absolute Gasteiger partial charge is 0.191 e. The lowest BCUT2D eigenvalue weighted by Crippen LogP contribution is -2.36. The zero-order valence-electron chi connectivity index (χ0n) is 16.0. The summed E-state index contributed by atoms with van der Waals surface area (Å²) in [6.45, 7) is 3.32. The van der Waals surface area contributed by atoms with Crippen LogP contribution in [0, 0.1) is 11.6 Å². The minimum atomic E-state index is -0.463. The third kappa shape index (κ3) is 6.27. The number of pyridine rings is 1. The lowest BCUT2D eigenvalue weighted by atomic mass is 10.2. The van der Waals surface area contributed by atoms with Gasteiger partial charge in [-0.05, 0) is 54.4 Å². The summed E-state index contributed by atoms with van der Waals surface area (Å²) in [6, 6.07) is 14.5. The van der Waals surface area contributed by atoms with Gasteiger partial charge in [0.1, 0.15) is 11.6 Å². The second-order valence-electron chi connectivity index (χ2n) is 6.23. The maximum absolute atomic E-state index is 14.4. The number of guanidine groups is 1. The Morgan fingerprint density at radius 1 is 1.03 bits per heavy atom. The van der Waals surface area contributed by atoms with Crippen molar-refractivity contribution in [2.75, 3.05) is 6.54 Å². The van der Waals surface area contributed by atoms with Gasteiger partial charge in [-0.25, -0.2) is 13.8 Å². The van der Waals surface area contributed by atoms with Gasteiger partial charge in [0.2, 0.25) is 0 Å². The van der Waals surface area contributed by atoms with Crippen LogP contribution in [0.1, 0.15) is 18.1 Å². The normalized spacial score (nSPS) is 11.2. The summed E-state index contributed by atoms with van der Waals surface area (Å²) < 4.78 is 33.2. The first-order valence-electron chi connectivity index (χ1n) is 9.27. The number of rotatable bonds is 7. The lowest BCUT2D eigenvalue weighted by molar-refractivity contribution is 0.440. The monoisotopic (exact) mass is 396 g/mol. The lowest BCUT2D eigenvalue weighted by Gasteiger charge is -2.12. The number of nitrogens with zero attached hydrogens (tertiary/aromatic N) is 2. The highest BCUT2D eigenvalue weighted by atomic mass is 19.1. The Hall–Kier alpha value is -3.48. The minimum Gasteiger partial charge on any atom is -0.453 e. The van der Waals surface area contributed by atoms with Crippen LogP contribution in [0.5, 0.6) is 11.5 Å². The molecule has 2 aromatic carbocycles. The first kappa shape index (κ1) is 20.3. The Morgan fingerprint density at radius 3 is 2.66 bits per heavy atom. The van der Waals surface area contributed by atoms with Crippen molar-refractivity contribution in [3.8, 4) is 11.5 Å². The fourth-order valence-electron chi connectivity index (χ4n) is 2.60. The molecule has 0 aliphatic heterocycles. The number of hydrogen-bond donors (Lipinski definition) is 2. The van der Waals surface area contributed by atoms with Crippen LogP contribution in [-0.4, -0.2) is 17.5 Å². The molecule has 150 valence electrons. The highest BCUT2D eigenvalue weighted by molar-refractivity contribution is 5.79. The number of halogens is 2. The molecule has 29 heavy (non-hydrogen) atoms. The summed E-state index contributed by atoms with van der Waals surface area (Å²) in [7, 11) is 0. The number of benzene rings is 2. The van der Waals surface area contributed by atoms with Gasteiger partial charge in [-0.15, -0.1) is 0 Å². The van der Waals surface area contributed by atoms with Gasteiger partial charge < -0.3 is 15.4 Å². The average molecular weight is 396 g/mol. The Balaban J connectivity index is 1.61. The van der Waals surface area contributed by atoms with Crippen molar-refractivity contribution in [3.05, 3.63) is 89.8 Å². The Kier molecular flexibility index (Phi) is 7.10. The number of aliphatic imine (C=N–C) groups is 1. The summed E-state index contributed by atoms with van der Waals surface area (Å²) in [5, 5.41) is 6.26. The van der Waals surface area contributed by atoms with Crippen molar-refractivity contribution in [1.29, 1.82) is 0 Å². The first-order chi connectivity index (χ1) is 14.1. The van der Waals surface area contributed by atoms with Crippen LogP contribution in [0.25, 0.3) is 0 Å². The van der Waals surface area contributed by atoms with E-state index in [1.807, 2.05) is 13.0 Å². The molecule has 3 rings (SSSR count). The van der Waals surface area contributed by atoms with Crippen molar-refractivity contribution < 1.29 is 13.5 Å². The summed E-state index contributed by atoms with van der Waals surface area (Å²) in [4.78, 5) is 8.38. The molecule has 0 atom stereocenters. The summed E-state index contributed by atoms with van der Waals surface area (Å²) in [5.74, 6) is 0.409. The van der Waals surface area contributed by atoms with E-state index in [1.165, 1.54) is 24.4 Å². The molecule has 1 heterocycles. The molecule has 0 saturated carbocycles. The van der Waals surface area contributed by atoms with Crippen LogP contribution in [-0.2, 0) is 13.1 Å². The van der Waals surface area contributed by atoms with Gasteiger partial charge in [0, 0.05) is 19.3 Å². The van der Waals surface area contributed by atoms with Crippen molar-refractivity contribution in [2.45, 2.75) is 20.0 Å². The van der Waals surface area contributed by atoms with E-state index in [0.29, 0.717) is 31.3 Å². The number of aromatic nitrogens is 1. The van der Waals surface area contributed by atoms with Crippen LogP contribution >= 0.6 is 0 Å². The van der Waals surface area contributed by atoms with Crippen molar-refractivity contribution in [3.63, 3.8) is 0 Å². The van der Waals surface area contributed by atoms with E-state index in [9.17, 15) is 8.78 Å². The molecule has 3 aromatic rings. The number of hydrogen-bond acceptors (Lipinski definition) is 3. The Bertz CT molecular complexity index is 964. The molecule has 0 unspecified atom stereocenters. The molecule has 0 aliphatic carbocycles. The van der Waals surface area contributed by atoms with Crippen LogP contribution < -0.4 is 15.4 Å². The average Bonchev–Trinajstić information content (AvgIpc) is 2.73. The first-order valence-corrected chi connectivity index (χ1v) is 9.27. The molecule has 0 saturated heterocycles. The summed E-state index contributed by atoms with van der Waals surface area (Å²) >= 11 is 0. The molecule has 1 aromatic heterocycles. The standard InChI is InChI=1S/C22H22F2N4O/c1-2-26-22(27-13-16-5-3-6-18(23)11-16)28-14-17-8-9-21(20(24)12-17)29-19-7-4-10-25-15-19/h3-12,15H,2,13-14H2,1H3,(H2,26,27,28). The molecule has 0 radical (unpaired) electrons. The van der Waals surface area contributed by atoms with Gasteiger partial charge in [0.15, 0.2) is 17.5 Å². The second-order valence-corrected chi connectivity index (χ2v) is 6.23. The number of ether oxygens (including phenoxy) is 1. The van der Waals surface area contributed by atoms with E-state index in [4.69, 9.17) is 4.74 Å². The van der Waals surface area contributed by atoms with Gasteiger partial charge in [-0.2, -0.15) is 0 Å². The molecule has 5 nitrogen and oxygen atoms in total. The quantitative estimate of drug-likeness (QED) is 0.459. The molecule has 0 aliphatic rings. The van der Waals surface area contributed by atoms with E-state index in [0.717, 1.165) is 11.1 Å². The third-order valence-electron chi connectivity index (χ3n) is 3.97. The predicted molar refractivity (Wildman–Crippen MR) is 109 cm³/mol. The second kappa shape index (κ2) is 10.2. The predicted octanol–water partition coefficient (Wildman–Crippen LogP) is 4.41. The van der Waals surface area contributed by atoms with Gasteiger partial charge in [-0.1, -0.05) is 18.2 Å². The molecular weight excluding hydrogens is 374 g/mol. The Labute approximate surface area is 168 Å². The molecule has 0 fully saturated rings. The zero-order valence-corrected chi connectivity index (χ0v) is 16.0. The fourth-order valence-corrected chi connectivity index (χ4v) is 2.60.